The van der Waals surface area contributed by atoms with Crippen LogP contribution in [0.15, 0.2) is 53.7 Å². The first kappa shape index (κ1) is 22.1. The van der Waals surface area contributed by atoms with Crippen LogP contribution in [0.1, 0.15) is 39.0 Å². The maximum absolute atomic E-state index is 12.4. The van der Waals surface area contributed by atoms with E-state index in [2.05, 4.69) is 15.5 Å². The number of Topliss-reactive ketones (excluding diaryl/α,β-unsaturated/α-hetero) is 1. The summed E-state index contributed by atoms with van der Waals surface area (Å²) >= 11 is 7.23. The molecule has 1 heterocycles. The standard InChI is InChI=1S/C22H23ClN4O2S/c1-3-27-20(12-13-24-21(29)17-8-10-18(23)11-9-17)25-26-22(27)30-14-19(28)16-6-4-15(2)5-7-16/h4-11H,3,12-14H2,1-2H3,(H,24,29). The van der Waals surface area contributed by atoms with Gasteiger partial charge in [-0.3, -0.25) is 9.59 Å². The minimum Gasteiger partial charge on any atom is -0.352 e. The van der Waals surface area contributed by atoms with E-state index >= 15 is 0 Å². The summed E-state index contributed by atoms with van der Waals surface area (Å²) in [5, 5.41) is 12.6. The van der Waals surface area contributed by atoms with E-state index < -0.39 is 0 Å². The van der Waals surface area contributed by atoms with E-state index in [1.54, 1.807) is 24.3 Å². The molecule has 0 aliphatic heterocycles. The summed E-state index contributed by atoms with van der Waals surface area (Å²) in [6.07, 6.45) is 0.548. The van der Waals surface area contributed by atoms with Crippen molar-refractivity contribution in [3.63, 3.8) is 0 Å². The van der Waals surface area contributed by atoms with Crippen LogP contribution in [0.3, 0.4) is 0 Å². The number of amides is 1. The van der Waals surface area contributed by atoms with Crippen LogP contribution < -0.4 is 5.32 Å². The van der Waals surface area contributed by atoms with Crippen LogP contribution in [-0.4, -0.2) is 38.8 Å². The number of hydrogen-bond acceptors (Lipinski definition) is 5. The maximum Gasteiger partial charge on any atom is 0.251 e. The van der Waals surface area contributed by atoms with Crippen molar-refractivity contribution in [2.75, 3.05) is 12.3 Å². The highest BCUT2D eigenvalue weighted by molar-refractivity contribution is 7.99. The Hall–Kier alpha value is -2.64. The molecule has 0 radical (unpaired) electrons. The van der Waals surface area contributed by atoms with Crippen molar-refractivity contribution in [2.24, 2.45) is 0 Å². The minimum atomic E-state index is -0.160. The van der Waals surface area contributed by atoms with Gasteiger partial charge in [0.15, 0.2) is 10.9 Å². The van der Waals surface area contributed by atoms with Crippen LogP contribution in [-0.2, 0) is 13.0 Å². The SMILES string of the molecule is CCn1c(CCNC(=O)c2ccc(Cl)cc2)nnc1SCC(=O)c1ccc(C)cc1. The van der Waals surface area contributed by atoms with Gasteiger partial charge in [0.05, 0.1) is 5.75 Å². The summed E-state index contributed by atoms with van der Waals surface area (Å²) in [7, 11) is 0. The van der Waals surface area contributed by atoms with Gasteiger partial charge in [0.1, 0.15) is 5.82 Å². The van der Waals surface area contributed by atoms with Crippen molar-refractivity contribution < 1.29 is 9.59 Å². The summed E-state index contributed by atoms with van der Waals surface area (Å²) in [5.41, 5.74) is 2.38. The van der Waals surface area contributed by atoms with E-state index in [9.17, 15) is 9.59 Å². The third-order valence-electron chi connectivity index (χ3n) is 4.56. The van der Waals surface area contributed by atoms with E-state index in [0.717, 1.165) is 11.4 Å². The third kappa shape index (κ3) is 5.70. The molecule has 0 unspecified atom stereocenters. The van der Waals surface area contributed by atoms with Gasteiger partial charge in [-0.05, 0) is 38.1 Å². The third-order valence-corrected chi connectivity index (χ3v) is 5.77. The molecule has 6 nitrogen and oxygen atoms in total. The molecule has 0 saturated carbocycles. The van der Waals surface area contributed by atoms with Gasteiger partial charge in [0, 0.05) is 35.7 Å². The Morgan fingerprint density at radius 3 is 2.37 bits per heavy atom. The number of carbonyl (C=O) groups excluding carboxylic acids is 2. The number of thioether (sulfide) groups is 1. The molecule has 1 aromatic heterocycles. The molecule has 1 amide bonds. The number of carbonyl (C=O) groups is 2. The summed E-state index contributed by atoms with van der Waals surface area (Å²) in [6, 6.07) is 14.3. The highest BCUT2D eigenvalue weighted by atomic mass is 35.5. The zero-order valence-corrected chi connectivity index (χ0v) is 18.5. The fourth-order valence-corrected chi connectivity index (χ4v) is 3.91. The Kier molecular flexibility index (Phi) is 7.65. The van der Waals surface area contributed by atoms with E-state index in [0.29, 0.717) is 46.6 Å². The first-order valence-electron chi connectivity index (χ1n) is 9.66. The number of ketones is 1. The predicted octanol–water partition coefficient (Wildman–Crippen LogP) is 4.21. The summed E-state index contributed by atoms with van der Waals surface area (Å²) < 4.78 is 1.97. The quantitative estimate of drug-likeness (QED) is 0.397. The minimum absolute atomic E-state index is 0.0578. The molecule has 30 heavy (non-hydrogen) atoms. The fourth-order valence-electron chi connectivity index (χ4n) is 2.87. The fraction of sp³-hybridized carbons (Fsp3) is 0.273. The summed E-state index contributed by atoms with van der Waals surface area (Å²) in [4.78, 5) is 24.6. The van der Waals surface area contributed by atoms with Gasteiger partial charge in [0.25, 0.3) is 5.91 Å². The van der Waals surface area contributed by atoms with Crippen LogP contribution in [0, 0.1) is 6.92 Å². The Bertz CT molecular complexity index is 1020. The van der Waals surface area contributed by atoms with Crippen LogP contribution in [0.2, 0.25) is 5.02 Å². The molecule has 1 N–H and O–H groups in total. The Balaban J connectivity index is 1.54. The second-order valence-corrected chi connectivity index (χ2v) is 8.11. The molecular formula is C22H23ClN4O2S. The largest absolute Gasteiger partial charge is 0.352 e. The Morgan fingerprint density at radius 1 is 1.03 bits per heavy atom. The molecular weight excluding hydrogens is 420 g/mol. The molecule has 0 saturated heterocycles. The van der Waals surface area contributed by atoms with Crippen molar-refractivity contribution in [2.45, 2.75) is 32.0 Å². The second kappa shape index (κ2) is 10.4. The second-order valence-electron chi connectivity index (χ2n) is 6.73. The van der Waals surface area contributed by atoms with Gasteiger partial charge < -0.3 is 9.88 Å². The van der Waals surface area contributed by atoms with E-state index in [1.807, 2.05) is 42.7 Å². The van der Waals surface area contributed by atoms with Crippen molar-refractivity contribution in [3.05, 3.63) is 76.1 Å². The predicted molar refractivity (Wildman–Crippen MR) is 119 cm³/mol. The molecule has 3 rings (SSSR count). The van der Waals surface area contributed by atoms with Crippen molar-refractivity contribution >= 4 is 35.1 Å². The lowest BCUT2D eigenvalue weighted by atomic mass is 10.1. The zero-order chi connectivity index (χ0) is 21.5. The van der Waals surface area contributed by atoms with Gasteiger partial charge in [-0.2, -0.15) is 0 Å². The van der Waals surface area contributed by atoms with Crippen LogP contribution in [0.25, 0.3) is 0 Å². The van der Waals surface area contributed by atoms with Gasteiger partial charge in [0.2, 0.25) is 0 Å². The van der Waals surface area contributed by atoms with Crippen LogP contribution >= 0.6 is 23.4 Å². The van der Waals surface area contributed by atoms with Crippen LogP contribution in [0.4, 0.5) is 0 Å². The molecule has 0 aliphatic rings. The number of rotatable bonds is 9. The molecule has 156 valence electrons. The van der Waals surface area contributed by atoms with Crippen molar-refractivity contribution in [1.29, 1.82) is 0 Å². The highest BCUT2D eigenvalue weighted by Gasteiger charge is 2.14. The lowest BCUT2D eigenvalue weighted by Crippen LogP contribution is -2.26. The first-order chi connectivity index (χ1) is 14.5. The van der Waals surface area contributed by atoms with E-state index in [1.165, 1.54) is 11.8 Å². The average molecular weight is 443 g/mol. The van der Waals surface area contributed by atoms with Crippen molar-refractivity contribution in [3.8, 4) is 0 Å². The van der Waals surface area contributed by atoms with E-state index in [-0.39, 0.29) is 11.7 Å². The topological polar surface area (TPSA) is 76.9 Å². The number of nitrogens with one attached hydrogen (secondary N) is 1. The van der Waals surface area contributed by atoms with Gasteiger partial charge in [-0.25, -0.2) is 0 Å². The molecule has 0 spiro atoms. The first-order valence-corrected chi connectivity index (χ1v) is 11.0. The molecule has 8 heteroatoms. The zero-order valence-electron chi connectivity index (χ0n) is 16.9. The molecule has 0 fully saturated rings. The lowest BCUT2D eigenvalue weighted by molar-refractivity contribution is 0.0953. The van der Waals surface area contributed by atoms with Gasteiger partial charge in [-0.1, -0.05) is 53.2 Å². The Labute approximate surface area is 185 Å². The highest BCUT2D eigenvalue weighted by Crippen LogP contribution is 2.19. The Morgan fingerprint density at radius 2 is 1.70 bits per heavy atom. The smallest absolute Gasteiger partial charge is 0.251 e. The van der Waals surface area contributed by atoms with Crippen molar-refractivity contribution in [1.82, 2.24) is 20.1 Å². The lowest BCUT2D eigenvalue weighted by Gasteiger charge is -2.08. The number of hydrogen-bond donors (Lipinski definition) is 1. The molecule has 2 aromatic carbocycles. The number of aryl methyl sites for hydroxylation is 1. The molecule has 0 aliphatic carbocycles. The van der Waals surface area contributed by atoms with Crippen LogP contribution in [0.5, 0.6) is 0 Å². The monoisotopic (exact) mass is 442 g/mol. The number of benzene rings is 2. The number of halogens is 1. The normalized spacial score (nSPS) is 10.8. The maximum atomic E-state index is 12.4. The van der Waals surface area contributed by atoms with Gasteiger partial charge in [-0.15, -0.1) is 10.2 Å². The van der Waals surface area contributed by atoms with E-state index in [4.69, 9.17) is 11.6 Å². The average Bonchev–Trinajstić information content (AvgIpc) is 3.14. The van der Waals surface area contributed by atoms with Gasteiger partial charge >= 0.3 is 0 Å². The summed E-state index contributed by atoms with van der Waals surface area (Å²) in [6.45, 7) is 5.12. The molecule has 0 bridgehead atoms. The molecule has 0 atom stereocenters. The summed E-state index contributed by atoms with van der Waals surface area (Å²) in [5.74, 6) is 0.975. The molecule has 3 aromatic rings. The number of aromatic nitrogens is 3. The number of nitrogens with zero attached hydrogens (tertiary/aromatic N) is 3.